The molecule has 0 radical (unpaired) electrons. The van der Waals surface area contributed by atoms with Gasteiger partial charge in [0.05, 0.1) is 31.1 Å². The molecule has 2 aromatic heterocycles. The fourth-order valence-corrected chi connectivity index (χ4v) is 4.84. The molecule has 0 unspecified atom stereocenters. The number of benzene rings is 1. The third-order valence-electron chi connectivity index (χ3n) is 5.31. The van der Waals surface area contributed by atoms with Crippen molar-refractivity contribution in [2.45, 2.75) is 24.2 Å². The van der Waals surface area contributed by atoms with Crippen LogP contribution in [0.15, 0.2) is 12.1 Å². The van der Waals surface area contributed by atoms with Gasteiger partial charge in [0.1, 0.15) is 11.5 Å². The molecule has 0 fully saturated rings. The van der Waals surface area contributed by atoms with Crippen LogP contribution in [-0.2, 0) is 39.2 Å². The maximum Gasteiger partial charge on any atom is 0.354 e. The first kappa shape index (κ1) is 22.3. The van der Waals surface area contributed by atoms with Gasteiger partial charge in [-0.05, 0) is 31.0 Å². The number of hydrogen-bond acceptors (Lipinski definition) is 5. The second-order valence-corrected chi connectivity index (χ2v) is 7.70. The van der Waals surface area contributed by atoms with Gasteiger partial charge >= 0.3 is 11.9 Å². The van der Waals surface area contributed by atoms with Crippen LogP contribution in [0.4, 0.5) is 4.39 Å². The number of alkyl halides is 1. The van der Waals surface area contributed by atoms with E-state index in [4.69, 9.17) is 9.47 Å². The number of hydrogen-bond donors (Lipinski definition) is 0. The molecule has 3 aromatic rings. The van der Waals surface area contributed by atoms with Crippen molar-refractivity contribution >= 4 is 45.4 Å². The van der Waals surface area contributed by atoms with Crippen LogP contribution in [0.5, 0.6) is 0 Å². The number of aromatic nitrogens is 3. The van der Waals surface area contributed by atoms with E-state index in [9.17, 15) is 9.59 Å². The Morgan fingerprint density at radius 3 is 2.47 bits per heavy atom. The van der Waals surface area contributed by atoms with Crippen molar-refractivity contribution in [3.8, 4) is 11.1 Å². The maximum absolute atomic E-state index is 15.2. The number of rotatable bonds is 6. The largest absolute Gasteiger partial charge is 0.469 e. The van der Waals surface area contributed by atoms with E-state index in [2.05, 4.69) is 27.7 Å². The van der Waals surface area contributed by atoms with Crippen molar-refractivity contribution in [1.29, 1.82) is 0 Å². The predicted molar refractivity (Wildman–Crippen MR) is 119 cm³/mol. The molecule has 0 aliphatic carbocycles. The monoisotopic (exact) mass is 527 g/mol. The van der Waals surface area contributed by atoms with Crippen LogP contribution < -0.4 is 0 Å². The molecule has 0 aliphatic rings. The Kier molecular flexibility index (Phi) is 6.49. The summed E-state index contributed by atoms with van der Waals surface area (Å²) in [6.45, 7) is 1.84. The Morgan fingerprint density at radius 1 is 1.17 bits per heavy atom. The average Bonchev–Trinajstić information content (AvgIpc) is 3.17. The summed E-state index contributed by atoms with van der Waals surface area (Å²) >= 11 is 2.23. The lowest BCUT2D eigenvalue weighted by Crippen LogP contribution is -2.11. The smallest absolute Gasteiger partial charge is 0.354 e. The van der Waals surface area contributed by atoms with Crippen molar-refractivity contribution in [3.63, 3.8) is 0 Å². The van der Waals surface area contributed by atoms with Gasteiger partial charge < -0.3 is 14.0 Å². The molecule has 3 rings (SSSR count). The molecule has 2 heterocycles. The molecule has 0 spiro atoms. The SMILES string of the molecule is COC(=O)CCc1c(C(=O)OC)n(C)c2c(-c3c(C)nn(C)c3CI)c(F)ccc12. The Bertz CT molecular complexity index is 1150. The van der Waals surface area contributed by atoms with E-state index in [1.807, 2.05) is 14.0 Å². The first-order chi connectivity index (χ1) is 14.3. The van der Waals surface area contributed by atoms with Crippen molar-refractivity contribution < 1.29 is 23.5 Å². The third kappa shape index (κ3) is 3.59. The third-order valence-corrected chi connectivity index (χ3v) is 6.03. The van der Waals surface area contributed by atoms with Crippen LogP contribution in [-0.4, -0.2) is 40.5 Å². The zero-order valence-electron chi connectivity index (χ0n) is 17.5. The highest BCUT2D eigenvalue weighted by molar-refractivity contribution is 14.1. The molecular weight excluding hydrogens is 504 g/mol. The van der Waals surface area contributed by atoms with E-state index in [1.54, 1.807) is 22.4 Å². The molecule has 1 aromatic carbocycles. The van der Waals surface area contributed by atoms with Gasteiger partial charge in [-0.3, -0.25) is 9.48 Å². The molecule has 0 saturated heterocycles. The number of nitrogens with zero attached hydrogens (tertiary/aromatic N) is 3. The Hall–Kier alpha value is -2.43. The van der Waals surface area contributed by atoms with Crippen LogP contribution in [0.25, 0.3) is 22.0 Å². The van der Waals surface area contributed by atoms with Crippen LogP contribution >= 0.6 is 22.6 Å². The number of esters is 2. The first-order valence-electron chi connectivity index (χ1n) is 9.30. The minimum atomic E-state index is -0.544. The van der Waals surface area contributed by atoms with Crippen molar-refractivity contribution in [1.82, 2.24) is 14.3 Å². The molecule has 0 saturated carbocycles. The van der Waals surface area contributed by atoms with Gasteiger partial charge in [0, 0.05) is 41.5 Å². The summed E-state index contributed by atoms with van der Waals surface area (Å²) in [4.78, 5) is 24.3. The lowest BCUT2D eigenvalue weighted by Gasteiger charge is -2.10. The molecule has 160 valence electrons. The van der Waals surface area contributed by atoms with Crippen LogP contribution in [0.2, 0.25) is 0 Å². The summed E-state index contributed by atoms with van der Waals surface area (Å²) in [6.07, 6.45) is 0.363. The minimum Gasteiger partial charge on any atom is -0.469 e. The molecule has 0 aliphatic heterocycles. The molecule has 9 heteroatoms. The summed E-state index contributed by atoms with van der Waals surface area (Å²) < 4.78 is 29.0. The summed E-state index contributed by atoms with van der Waals surface area (Å²) in [7, 11) is 6.14. The molecular formula is C21H23FIN3O4. The number of carbonyl (C=O) groups is 2. The van der Waals surface area contributed by atoms with E-state index in [-0.39, 0.29) is 18.8 Å². The highest BCUT2D eigenvalue weighted by atomic mass is 127. The van der Waals surface area contributed by atoms with Gasteiger partial charge in [0.15, 0.2) is 0 Å². The number of ether oxygens (including phenoxy) is 2. The van der Waals surface area contributed by atoms with E-state index < -0.39 is 11.8 Å². The van der Waals surface area contributed by atoms with Gasteiger partial charge in [-0.2, -0.15) is 5.10 Å². The molecule has 0 atom stereocenters. The van der Waals surface area contributed by atoms with Crippen LogP contribution in [0.1, 0.15) is 33.9 Å². The van der Waals surface area contributed by atoms with Gasteiger partial charge in [0.2, 0.25) is 0 Å². The average molecular weight is 527 g/mol. The van der Waals surface area contributed by atoms with E-state index >= 15 is 4.39 Å². The highest BCUT2D eigenvalue weighted by Crippen LogP contribution is 2.39. The number of fused-ring (bicyclic) bond motifs is 1. The lowest BCUT2D eigenvalue weighted by atomic mass is 9.98. The number of halogens is 2. The molecule has 0 bridgehead atoms. The quantitative estimate of drug-likeness (QED) is 0.277. The summed E-state index contributed by atoms with van der Waals surface area (Å²) in [6, 6.07) is 3.03. The fraction of sp³-hybridized carbons (Fsp3) is 0.381. The lowest BCUT2D eigenvalue weighted by molar-refractivity contribution is -0.140. The van der Waals surface area contributed by atoms with Gasteiger partial charge in [0.25, 0.3) is 0 Å². The predicted octanol–water partition coefficient (Wildman–Crippen LogP) is 3.85. The summed E-state index contributed by atoms with van der Waals surface area (Å²) in [5.74, 6) is -1.33. The van der Waals surface area contributed by atoms with Crippen LogP contribution in [0, 0.1) is 12.7 Å². The van der Waals surface area contributed by atoms with E-state index in [1.165, 1.54) is 20.3 Å². The standard InChI is InChI=1S/C21H23FIN3O4/c1-11-17(15(10-23)26(3)24-11)18-14(22)8-6-12-13(7-9-16(27)29-4)20(21(28)30-5)25(2)19(12)18/h6,8H,7,9-10H2,1-5H3. The zero-order valence-corrected chi connectivity index (χ0v) is 19.7. The summed E-state index contributed by atoms with van der Waals surface area (Å²) in [5.41, 5.74) is 4.18. The normalized spacial score (nSPS) is 11.2. The molecule has 30 heavy (non-hydrogen) atoms. The van der Waals surface area contributed by atoms with Crippen LogP contribution in [0.3, 0.4) is 0 Å². The van der Waals surface area contributed by atoms with Crippen molar-refractivity contribution in [2.75, 3.05) is 14.2 Å². The van der Waals surface area contributed by atoms with E-state index in [0.29, 0.717) is 43.4 Å². The Labute approximate surface area is 187 Å². The number of aryl methyl sites for hydroxylation is 4. The molecule has 0 N–H and O–H groups in total. The van der Waals surface area contributed by atoms with Crippen molar-refractivity contribution in [3.05, 3.63) is 40.6 Å². The Morgan fingerprint density at radius 2 is 1.87 bits per heavy atom. The van der Waals surface area contributed by atoms with Gasteiger partial charge in [-0.15, -0.1) is 0 Å². The number of carbonyl (C=O) groups excluding carboxylic acids is 2. The first-order valence-corrected chi connectivity index (χ1v) is 10.8. The highest BCUT2D eigenvalue weighted by Gasteiger charge is 2.28. The second-order valence-electron chi connectivity index (χ2n) is 6.94. The summed E-state index contributed by atoms with van der Waals surface area (Å²) in [5, 5.41) is 5.17. The van der Waals surface area contributed by atoms with Gasteiger partial charge in [-0.1, -0.05) is 22.6 Å². The fourth-order valence-electron chi connectivity index (χ4n) is 3.96. The minimum absolute atomic E-state index is 0.0945. The van der Waals surface area contributed by atoms with Gasteiger partial charge in [-0.25, -0.2) is 9.18 Å². The molecule has 0 amide bonds. The zero-order chi connectivity index (χ0) is 22.2. The topological polar surface area (TPSA) is 75.4 Å². The van der Waals surface area contributed by atoms with Crippen molar-refractivity contribution in [2.24, 2.45) is 14.1 Å². The second kappa shape index (κ2) is 8.75. The molecule has 7 nitrogen and oxygen atoms in total. The number of methoxy groups -OCH3 is 2. The van der Waals surface area contributed by atoms with E-state index in [0.717, 1.165) is 5.69 Å². The Balaban J connectivity index is 2.39. The maximum atomic E-state index is 15.2.